The van der Waals surface area contributed by atoms with Gasteiger partial charge >= 0.3 is 0 Å². The fourth-order valence-electron chi connectivity index (χ4n) is 1.58. The molecule has 0 aliphatic carbocycles. The van der Waals surface area contributed by atoms with Gasteiger partial charge in [-0.3, -0.25) is 9.78 Å². The third-order valence-electron chi connectivity index (χ3n) is 2.60. The van der Waals surface area contributed by atoms with Gasteiger partial charge in [0.25, 0.3) is 5.91 Å². The molecule has 2 rings (SSSR count). The molecule has 2 N–H and O–H groups in total. The number of halogens is 1. The zero-order chi connectivity index (χ0) is 13.1. The van der Waals surface area contributed by atoms with Gasteiger partial charge in [-0.15, -0.1) is 0 Å². The molecule has 0 saturated heterocycles. The maximum atomic E-state index is 12.3. The number of aromatic nitrogens is 1. The molecule has 5 heteroatoms. The van der Waals surface area contributed by atoms with Crippen molar-refractivity contribution < 1.29 is 4.79 Å². The third kappa shape index (κ3) is 2.51. The Bertz CT molecular complexity index is 572. The maximum absolute atomic E-state index is 12.3. The Morgan fingerprint density at radius 2 is 1.94 bits per heavy atom. The number of carbonyl (C=O) groups excluding carboxylic acids is 1. The van der Waals surface area contributed by atoms with Crippen molar-refractivity contribution >= 4 is 33.2 Å². The number of nitrogens with zero attached hydrogens (tertiary/aromatic N) is 2. The topological polar surface area (TPSA) is 59.2 Å². The lowest BCUT2D eigenvalue weighted by atomic mass is 10.1. The van der Waals surface area contributed by atoms with E-state index < -0.39 is 0 Å². The minimum absolute atomic E-state index is 0.153. The molecule has 0 radical (unpaired) electrons. The predicted molar refractivity (Wildman–Crippen MR) is 75.5 cm³/mol. The largest absolute Gasteiger partial charge is 0.398 e. The van der Waals surface area contributed by atoms with Crippen molar-refractivity contribution in [3.8, 4) is 0 Å². The van der Waals surface area contributed by atoms with E-state index in [9.17, 15) is 4.79 Å². The van der Waals surface area contributed by atoms with E-state index >= 15 is 0 Å². The van der Waals surface area contributed by atoms with Crippen LogP contribution in [0.1, 0.15) is 10.4 Å². The number of carbonyl (C=O) groups is 1. The fraction of sp³-hybridized carbons (Fsp3) is 0.0769. The van der Waals surface area contributed by atoms with E-state index in [0.717, 1.165) is 10.2 Å². The number of hydrogen-bond donors (Lipinski definition) is 1. The summed E-state index contributed by atoms with van der Waals surface area (Å²) in [5.41, 5.74) is 7.54. The van der Waals surface area contributed by atoms with Gasteiger partial charge in [-0.25, -0.2) is 0 Å². The second-order valence-corrected chi connectivity index (χ2v) is 4.72. The van der Waals surface area contributed by atoms with Crippen LogP contribution >= 0.6 is 15.9 Å². The van der Waals surface area contributed by atoms with Crippen molar-refractivity contribution in [1.29, 1.82) is 0 Å². The molecule has 1 heterocycles. The summed E-state index contributed by atoms with van der Waals surface area (Å²) in [4.78, 5) is 17.8. The molecule has 4 nitrogen and oxygen atoms in total. The molecule has 0 atom stereocenters. The third-order valence-corrected chi connectivity index (χ3v) is 3.09. The molecule has 0 saturated carbocycles. The van der Waals surface area contributed by atoms with Gasteiger partial charge in [0.2, 0.25) is 0 Å². The average Bonchev–Trinajstić information content (AvgIpc) is 2.41. The predicted octanol–water partition coefficient (Wildman–Crippen LogP) is 2.70. The second kappa shape index (κ2) is 5.18. The summed E-state index contributed by atoms with van der Waals surface area (Å²) in [7, 11) is 1.71. The zero-order valence-corrected chi connectivity index (χ0v) is 11.4. The van der Waals surface area contributed by atoms with Gasteiger partial charge in [-0.2, -0.15) is 0 Å². The van der Waals surface area contributed by atoms with Crippen molar-refractivity contribution in [2.75, 3.05) is 17.7 Å². The first-order chi connectivity index (χ1) is 8.59. The van der Waals surface area contributed by atoms with E-state index in [1.807, 2.05) is 0 Å². The highest BCUT2D eigenvalue weighted by Crippen LogP contribution is 2.22. The van der Waals surface area contributed by atoms with Crippen LogP contribution in [-0.2, 0) is 0 Å². The highest BCUT2D eigenvalue weighted by Gasteiger charge is 2.16. The standard InChI is InChI=1S/C13H12BrN3O/c1-17(10-4-6-16-7-5-10)13(18)11-8-9(14)2-3-12(11)15/h2-8H,15H2,1H3. The molecule has 0 aliphatic heterocycles. The van der Waals surface area contributed by atoms with E-state index in [1.54, 1.807) is 54.7 Å². The highest BCUT2D eigenvalue weighted by atomic mass is 79.9. The minimum atomic E-state index is -0.153. The molecule has 92 valence electrons. The van der Waals surface area contributed by atoms with Crippen LogP contribution in [0.4, 0.5) is 11.4 Å². The first-order valence-electron chi connectivity index (χ1n) is 5.32. The van der Waals surface area contributed by atoms with Crippen LogP contribution in [0.3, 0.4) is 0 Å². The van der Waals surface area contributed by atoms with E-state index in [4.69, 9.17) is 5.73 Å². The van der Waals surface area contributed by atoms with Gasteiger partial charge in [0.05, 0.1) is 5.56 Å². The molecule has 1 aromatic carbocycles. The van der Waals surface area contributed by atoms with Crippen LogP contribution in [0.25, 0.3) is 0 Å². The summed E-state index contributed by atoms with van der Waals surface area (Å²) >= 11 is 3.33. The van der Waals surface area contributed by atoms with Crippen molar-refractivity contribution in [2.45, 2.75) is 0 Å². The summed E-state index contributed by atoms with van der Waals surface area (Å²) < 4.78 is 0.822. The molecule has 0 fully saturated rings. The summed E-state index contributed by atoms with van der Waals surface area (Å²) in [5, 5.41) is 0. The smallest absolute Gasteiger partial charge is 0.260 e. The van der Waals surface area contributed by atoms with Gasteiger partial charge in [0.1, 0.15) is 0 Å². The Morgan fingerprint density at radius 3 is 2.61 bits per heavy atom. The molecule has 0 aliphatic rings. The van der Waals surface area contributed by atoms with E-state index in [-0.39, 0.29) is 5.91 Å². The summed E-state index contributed by atoms with van der Waals surface area (Å²) in [6, 6.07) is 8.77. The van der Waals surface area contributed by atoms with Gasteiger partial charge in [-0.05, 0) is 30.3 Å². The summed E-state index contributed by atoms with van der Waals surface area (Å²) in [5.74, 6) is -0.153. The molecule has 1 amide bonds. The number of rotatable bonds is 2. The van der Waals surface area contributed by atoms with E-state index in [1.165, 1.54) is 0 Å². The Morgan fingerprint density at radius 1 is 1.28 bits per heavy atom. The lowest BCUT2D eigenvalue weighted by molar-refractivity contribution is 0.0994. The number of pyridine rings is 1. The molecule has 0 spiro atoms. The van der Waals surface area contributed by atoms with Crippen molar-refractivity contribution in [2.24, 2.45) is 0 Å². The van der Waals surface area contributed by atoms with Crippen LogP contribution in [-0.4, -0.2) is 17.9 Å². The quantitative estimate of drug-likeness (QED) is 0.868. The molecule has 0 unspecified atom stereocenters. The van der Waals surface area contributed by atoms with Crippen LogP contribution in [0.5, 0.6) is 0 Å². The molecular formula is C13H12BrN3O. The number of amides is 1. The van der Waals surface area contributed by atoms with E-state index in [0.29, 0.717) is 11.3 Å². The second-order valence-electron chi connectivity index (χ2n) is 3.80. The lowest BCUT2D eigenvalue weighted by Gasteiger charge is -2.18. The zero-order valence-electron chi connectivity index (χ0n) is 9.80. The van der Waals surface area contributed by atoms with Crippen molar-refractivity contribution in [1.82, 2.24) is 4.98 Å². The lowest BCUT2D eigenvalue weighted by Crippen LogP contribution is -2.27. The molecule has 2 aromatic rings. The number of hydrogen-bond acceptors (Lipinski definition) is 3. The summed E-state index contributed by atoms with van der Waals surface area (Å²) in [6.45, 7) is 0. The van der Waals surface area contributed by atoms with Gasteiger partial charge in [-0.1, -0.05) is 15.9 Å². The number of anilines is 2. The number of nitrogens with two attached hydrogens (primary N) is 1. The SMILES string of the molecule is CN(C(=O)c1cc(Br)ccc1N)c1ccncc1. The van der Waals surface area contributed by atoms with E-state index in [2.05, 4.69) is 20.9 Å². The number of nitrogen functional groups attached to an aromatic ring is 1. The Hall–Kier alpha value is -1.88. The van der Waals surface area contributed by atoms with Gasteiger partial charge in [0.15, 0.2) is 0 Å². The Labute approximate surface area is 114 Å². The first-order valence-corrected chi connectivity index (χ1v) is 6.12. The molecule has 1 aromatic heterocycles. The first kappa shape index (κ1) is 12.6. The fourth-order valence-corrected chi connectivity index (χ4v) is 1.94. The average molecular weight is 306 g/mol. The molecule has 0 bridgehead atoms. The van der Waals surface area contributed by atoms with Crippen LogP contribution in [0.2, 0.25) is 0 Å². The maximum Gasteiger partial charge on any atom is 0.260 e. The van der Waals surface area contributed by atoms with Gasteiger partial charge in [0, 0.05) is 35.3 Å². The Kier molecular flexibility index (Phi) is 3.62. The monoisotopic (exact) mass is 305 g/mol. The van der Waals surface area contributed by atoms with Crippen LogP contribution in [0.15, 0.2) is 47.2 Å². The minimum Gasteiger partial charge on any atom is -0.398 e. The normalized spacial score (nSPS) is 10.1. The van der Waals surface area contributed by atoms with Crippen LogP contribution < -0.4 is 10.6 Å². The van der Waals surface area contributed by atoms with Gasteiger partial charge < -0.3 is 10.6 Å². The van der Waals surface area contributed by atoms with Crippen LogP contribution in [0, 0.1) is 0 Å². The number of benzene rings is 1. The molecule has 18 heavy (non-hydrogen) atoms. The summed E-state index contributed by atoms with van der Waals surface area (Å²) in [6.07, 6.45) is 3.28. The highest BCUT2D eigenvalue weighted by molar-refractivity contribution is 9.10. The Balaban J connectivity index is 2.34. The van der Waals surface area contributed by atoms with Crippen molar-refractivity contribution in [3.05, 3.63) is 52.8 Å². The molecular weight excluding hydrogens is 294 g/mol. The van der Waals surface area contributed by atoms with Crippen molar-refractivity contribution in [3.63, 3.8) is 0 Å².